The van der Waals surface area contributed by atoms with Crippen molar-refractivity contribution >= 4 is 45.5 Å². The summed E-state index contributed by atoms with van der Waals surface area (Å²) in [4.78, 5) is 42.3. The predicted molar refractivity (Wildman–Crippen MR) is 114 cm³/mol. The van der Waals surface area contributed by atoms with E-state index < -0.39 is 17.8 Å². The van der Waals surface area contributed by atoms with E-state index in [1.165, 1.54) is 25.6 Å². The summed E-state index contributed by atoms with van der Waals surface area (Å²) >= 11 is 3.46. The van der Waals surface area contributed by atoms with Crippen LogP contribution in [-0.2, 0) is 9.59 Å². The monoisotopic (exact) mass is 473 g/mol. The summed E-state index contributed by atoms with van der Waals surface area (Å²) in [5.74, 6) is -0.548. The number of nitrogens with zero attached hydrogens (tertiary/aromatic N) is 2. The van der Waals surface area contributed by atoms with Gasteiger partial charge in [-0.3, -0.25) is 19.9 Å². The minimum Gasteiger partial charge on any atom is -0.493 e. The standard InChI is InChI=1S/C21H20BrN3O5/c1-4-12(2)30-18-16(22)9-13(10-17(18)29-3)8-15-19(26)24-21(28)25(20(15)27)14-6-5-7-23-11-14/h5-12H,4H2,1-3H3,(H,24,26,28)/b15-8+/t12-/m0/s1. The fourth-order valence-electron chi connectivity index (χ4n) is 2.77. The van der Waals surface area contributed by atoms with Gasteiger partial charge in [0.1, 0.15) is 5.57 Å². The number of halogens is 1. The molecule has 8 nitrogen and oxygen atoms in total. The van der Waals surface area contributed by atoms with E-state index in [0.29, 0.717) is 21.5 Å². The summed E-state index contributed by atoms with van der Waals surface area (Å²) in [6.07, 6.45) is 5.07. The van der Waals surface area contributed by atoms with Crippen LogP contribution in [0.4, 0.5) is 10.5 Å². The van der Waals surface area contributed by atoms with Crippen LogP contribution in [0.1, 0.15) is 25.8 Å². The van der Waals surface area contributed by atoms with Crippen molar-refractivity contribution in [3.05, 3.63) is 52.3 Å². The first-order valence-electron chi connectivity index (χ1n) is 9.21. The molecule has 1 aromatic carbocycles. The molecule has 1 atom stereocenters. The molecule has 4 amide bonds. The number of urea groups is 1. The van der Waals surface area contributed by atoms with Crippen LogP contribution in [0.5, 0.6) is 11.5 Å². The summed E-state index contributed by atoms with van der Waals surface area (Å²) < 4.78 is 11.9. The van der Waals surface area contributed by atoms with Gasteiger partial charge in [0, 0.05) is 6.20 Å². The Labute approximate surface area is 182 Å². The number of hydrogen-bond donors (Lipinski definition) is 1. The summed E-state index contributed by atoms with van der Waals surface area (Å²) in [6.45, 7) is 3.95. The molecule has 0 unspecified atom stereocenters. The molecule has 0 aliphatic carbocycles. The molecule has 1 aliphatic heterocycles. The van der Waals surface area contributed by atoms with Crippen LogP contribution in [0.25, 0.3) is 6.08 Å². The molecule has 0 spiro atoms. The highest BCUT2D eigenvalue weighted by Crippen LogP contribution is 2.38. The number of anilines is 1. The second-order valence-corrected chi connectivity index (χ2v) is 7.39. The topological polar surface area (TPSA) is 97.8 Å². The predicted octanol–water partition coefficient (Wildman–Crippen LogP) is 3.70. The lowest BCUT2D eigenvalue weighted by molar-refractivity contribution is -0.122. The second kappa shape index (κ2) is 9.08. The number of carbonyl (C=O) groups is 3. The molecule has 0 bridgehead atoms. The summed E-state index contributed by atoms with van der Waals surface area (Å²) in [6, 6.07) is 5.68. The van der Waals surface area contributed by atoms with Crippen LogP contribution >= 0.6 is 15.9 Å². The van der Waals surface area contributed by atoms with Crippen LogP contribution in [0.15, 0.2) is 46.7 Å². The number of aromatic nitrogens is 1. The van der Waals surface area contributed by atoms with Gasteiger partial charge in [-0.15, -0.1) is 0 Å². The number of benzene rings is 1. The van der Waals surface area contributed by atoms with E-state index in [-0.39, 0.29) is 17.4 Å². The molecule has 1 aromatic heterocycles. The minimum absolute atomic E-state index is 0.0239. The van der Waals surface area contributed by atoms with E-state index in [1.54, 1.807) is 24.3 Å². The number of imide groups is 2. The summed E-state index contributed by atoms with van der Waals surface area (Å²) in [5, 5.41) is 2.18. The van der Waals surface area contributed by atoms with E-state index in [1.807, 2.05) is 13.8 Å². The highest BCUT2D eigenvalue weighted by Gasteiger charge is 2.37. The van der Waals surface area contributed by atoms with Gasteiger partial charge in [-0.05, 0) is 65.2 Å². The lowest BCUT2D eigenvalue weighted by atomic mass is 10.1. The fraction of sp³-hybridized carbons (Fsp3) is 0.238. The number of pyridine rings is 1. The zero-order valence-corrected chi connectivity index (χ0v) is 18.2. The SMILES string of the molecule is CC[C@H](C)Oc1c(Br)cc(/C=C2\C(=O)NC(=O)N(c3cccnc3)C2=O)cc1OC. The highest BCUT2D eigenvalue weighted by atomic mass is 79.9. The number of barbiturate groups is 1. The van der Waals surface area contributed by atoms with E-state index in [0.717, 1.165) is 11.3 Å². The Morgan fingerprint density at radius 3 is 2.70 bits per heavy atom. The third-order valence-corrected chi connectivity index (χ3v) is 5.05. The molecule has 0 radical (unpaired) electrons. The van der Waals surface area contributed by atoms with Gasteiger partial charge in [0.25, 0.3) is 11.8 Å². The summed E-state index contributed by atoms with van der Waals surface area (Å²) in [5.41, 5.74) is 0.590. The fourth-order valence-corrected chi connectivity index (χ4v) is 3.32. The van der Waals surface area contributed by atoms with Crippen molar-refractivity contribution in [2.75, 3.05) is 12.0 Å². The average Bonchev–Trinajstić information content (AvgIpc) is 2.73. The maximum atomic E-state index is 12.9. The zero-order valence-electron chi connectivity index (χ0n) is 16.6. The van der Waals surface area contributed by atoms with Crippen molar-refractivity contribution in [3.8, 4) is 11.5 Å². The number of amides is 4. The molecule has 1 fully saturated rings. The van der Waals surface area contributed by atoms with Gasteiger partial charge < -0.3 is 9.47 Å². The quantitative estimate of drug-likeness (QED) is 0.507. The number of rotatable bonds is 6. The maximum absolute atomic E-state index is 12.9. The Hall–Kier alpha value is -3.20. The van der Waals surface area contributed by atoms with E-state index in [4.69, 9.17) is 9.47 Å². The second-order valence-electron chi connectivity index (χ2n) is 6.54. The maximum Gasteiger partial charge on any atom is 0.336 e. The van der Waals surface area contributed by atoms with Gasteiger partial charge in [0.05, 0.1) is 29.6 Å². The molecule has 0 saturated carbocycles. The van der Waals surface area contributed by atoms with Gasteiger partial charge in [0.15, 0.2) is 11.5 Å². The van der Waals surface area contributed by atoms with Crippen molar-refractivity contribution in [2.24, 2.45) is 0 Å². The molecule has 30 heavy (non-hydrogen) atoms. The van der Waals surface area contributed by atoms with Crippen molar-refractivity contribution in [1.82, 2.24) is 10.3 Å². The third-order valence-electron chi connectivity index (χ3n) is 4.46. The zero-order chi connectivity index (χ0) is 21.8. The van der Waals surface area contributed by atoms with Crippen LogP contribution in [0, 0.1) is 0 Å². The van der Waals surface area contributed by atoms with Gasteiger partial charge in [-0.2, -0.15) is 0 Å². The first-order valence-corrected chi connectivity index (χ1v) is 10.0. The van der Waals surface area contributed by atoms with Gasteiger partial charge in [-0.25, -0.2) is 9.69 Å². The molecule has 3 rings (SSSR count). The van der Waals surface area contributed by atoms with Crippen LogP contribution in [0.2, 0.25) is 0 Å². The number of carbonyl (C=O) groups excluding carboxylic acids is 3. The lowest BCUT2D eigenvalue weighted by Crippen LogP contribution is -2.54. The number of ether oxygens (including phenoxy) is 2. The van der Waals surface area contributed by atoms with Crippen molar-refractivity contribution in [1.29, 1.82) is 0 Å². The van der Waals surface area contributed by atoms with E-state index >= 15 is 0 Å². The number of nitrogens with one attached hydrogen (secondary N) is 1. The van der Waals surface area contributed by atoms with E-state index in [9.17, 15) is 14.4 Å². The van der Waals surface area contributed by atoms with Crippen LogP contribution < -0.4 is 19.7 Å². The summed E-state index contributed by atoms with van der Waals surface area (Å²) in [7, 11) is 1.50. The van der Waals surface area contributed by atoms with Gasteiger partial charge in [-0.1, -0.05) is 6.92 Å². The lowest BCUT2D eigenvalue weighted by Gasteiger charge is -2.26. The molecular weight excluding hydrogens is 454 g/mol. The molecule has 2 aromatic rings. The Morgan fingerprint density at radius 2 is 2.07 bits per heavy atom. The van der Waals surface area contributed by atoms with Crippen LogP contribution in [-0.4, -0.2) is 36.0 Å². The van der Waals surface area contributed by atoms with Crippen molar-refractivity contribution < 1.29 is 23.9 Å². The molecule has 1 aliphatic rings. The Balaban J connectivity index is 2.00. The Bertz CT molecular complexity index is 1020. The van der Waals surface area contributed by atoms with Gasteiger partial charge in [0.2, 0.25) is 0 Å². The molecule has 156 valence electrons. The Morgan fingerprint density at radius 1 is 1.30 bits per heavy atom. The number of hydrogen-bond acceptors (Lipinski definition) is 6. The Kier molecular flexibility index (Phi) is 6.51. The highest BCUT2D eigenvalue weighted by molar-refractivity contribution is 9.10. The minimum atomic E-state index is -0.828. The average molecular weight is 474 g/mol. The van der Waals surface area contributed by atoms with Crippen molar-refractivity contribution in [2.45, 2.75) is 26.4 Å². The molecule has 1 saturated heterocycles. The van der Waals surface area contributed by atoms with Gasteiger partial charge >= 0.3 is 6.03 Å². The largest absolute Gasteiger partial charge is 0.493 e. The van der Waals surface area contributed by atoms with Crippen molar-refractivity contribution in [3.63, 3.8) is 0 Å². The molecule has 1 N–H and O–H groups in total. The normalized spacial score (nSPS) is 16.5. The third kappa shape index (κ3) is 4.35. The first kappa shape index (κ1) is 21.5. The first-order chi connectivity index (χ1) is 14.3. The molecule has 2 heterocycles. The molecular formula is C21H20BrN3O5. The van der Waals surface area contributed by atoms with E-state index in [2.05, 4.69) is 26.2 Å². The smallest absolute Gasteiger partial charge is 0.336 e. The molecule has 9 heteroatoms. The van der Waals surface area contributed by atoms with Crippen LogP contribution in [0.3, 0.4) is 0 Å². The number of methoxy groups -OCH3 is 1.